The Balaban J connectivity index is 1.30. The van der Waals surface area contributed by atoms with Gasteiger partial charge in [-0.05, 0) is 48.0 Å². The van der Waals surface area contributed by atoms with Crippen LogP contribution in [0.2, 0.25) is 0 Å². The number of nitrogens with one attached hydrogen (secondary N) is 1. The molecule has 1 aromatic heterocycles. The van der Waals surface area contributed by atoms with Gasteiger partial charge in [-0.3, -0.25) is 4.79 Å². The largest absolute Gasteiger partial charge is 0.507 e. The van der Waals surface area contributed by atoms with E-state index in [2.05, 4.69) is 10.3 Å². The van der Waals surface area contributed by atoms with Crippen molar-refractivity contribution in [1.29, 1.82) is 0 Å². The molecule has 0 saturated carbocycles. The fourth-order valence-corrected chi connectivity index (χ4v) is 4.24. The highest BCUT2D eigenvalue weighted by atomic mass is 19.4. The summed E-state index contributed by atoms with van der Waals surface area (Å²) >= 11 is 0. The lowest BCUT2D eigenvalue weighted by Crippen LogP contribution is -2.38. The number of nitrogens with zero attached hydrogens (tertiary/aromatic N) is 2. The molecule has 0 radical (unpaired) electrons. The van der Waals surface area contributed by atoms with Gasteiger partial charge in [-0.1, -0.05) is 30.3 Å². The van der Waals surface area contributed by atoms with Gasteiger partial charge in [0.25, 0.3) is 5.91 Å². The standard InChI is InChI=1S/C30H31F3N4O5/c1-37-17-27(30(31,32)33)36-29(37)20-7-9-22(10-8-20)41-18-21(38)15-35-16-24(13-19-5-3-2-4-6-19)42-23-11-12-26(39)25(14-23)28(34)40/h2-12,14,17,21,24,35,38-39H,13,15-16,18H2,1H3,(H2,34,40). The summed E-state index contributed by atoms with van der Waals surface area (Å²) in [5, 5.41) is 23.5. The first kappa shape index (κ1) is 30.4. The molecule has 2 unspecified atom stereocenters. The van der Waals surface area contributed by atoms with Crippen LogP contribution in [0.3, 0.4) is 0 Å². The Hall–Kier alpha value is -4.55. The summed E-state index contributed by atoms with van der Waals surface area (Å²) < 4.78 is 51.9. The number of nitrogens with two attached hydrogens (primary N) is 1. The topological polar surface area (TPSA) is 132 Å². The van der Waals surface area contributed by atoms with Gasteiger partial charge in [-0.15, -0.1) is 0 Å². The molecule has 222 valence electrons. The first-order chi connectivity index (χ1) is 20.0. The molecule has 0 fully saturated rings. The van der Waals surface area contributed by atoms with E-state index in [1.54, 1.807) is 24.3 Å². The first-order valence-corrected chi connectivity index (χ1v) is 13.1. The summed E-state index contributed by atoms with van der Waals surface area (Å²) in [6.45, 7) is 0.496. The van der Waals surface area contributed by atoms with Crippen molar-refractivity contribution in [2.24, 2.45) is 12.8 Å². The number of aliphatic hydroxyl groups excluding tert-OH is 1. The fourth-order valence-electron chi connectivity index (χ4n) is 4.24. The van der Waals surface area contributed by atoms with E-state index in [9.17, 15) is 28.2 Å². The number of aromatic hydroxyl groups is 1. The van der Waals surface area contributed by atoms with Crippen molar-refractivity contribution in [2.45, 2.75) is 24.8 Å². The number of aryl methyl sites for hydroxylation is 1. The number of primary amides is 1. The molecule has 12 heteroatoms. The highest BCUT2D eigenvalue weighted by Crippen LogP contribution is 2.31. The van der Waals surface area contributed by atoms with Crippen molar-refractivity contribution in [3.05, 3.63) is 95.8 Å². The smallest absolute Gasteiger partial charge is 0.434 e. The number of imidazole rings is 1. The molecule has 4 rings (SSSR count). The summed E-state index contributed by atoms with van der Waals surface area (Å²) in [5.74, 6) is -0.0513. The molecular formula is C30H31F3N4O5. The number of halogens is 3. The maximum atomic E-state index is 13.0. The second kappa shape index (κ2) is 13.4. The lowest BCUT2D eigenvalue weighted by atomic mass is 10.1. The highest BCUT2D eigenvalue weighted by molar-refractivity contribution is 5.95. The van der Waals surface area contributed by atoms with Gasteiger partial charge in [0.2, 0.25) is 0 Å². The van der Waals surface area contributed by atoms with E-state index in [4.69, 9.17) is 15.2 Å². The van der Waals surface area contributed by atoms with Gasteiger partial charge in [0.1, 0.15) is 41.9 Å². The Morgan fingerprint density at radius 2 is 1.74 bits per heavy atom. The van der Waals surface area contributed by atoms with Gasteiger partial charge >= 0.3 is 6.18 Å². The number of carbonyl (C=O) groups is 1. The predicted molar refractivity (Wildman–Crippen MR) is 149 cm³/mol. The molecule has 1 heterocycles. The summed E-state index contributed by atoms with van der Waals surface area (Å²) in [6, 6.07) is 20.3. The molecule has 2 atom stereocenters. The van der Waals surface area contributed by atoms with Crippen LogP contribution in [0, 0.1) is 0 Å². The number of aromatic nitrogens is 2. The number of ether oxygens (including phenoxy) is 2. The normalized spacial score (nSPS) is 13.0. The van der Waals surface area contributed by atoms with Crippen LogP contribution in [-0.4, -0.2) is 57.6 Å². The highest BCUT2D eigenvalue weighted by Gasteiger charge is 2.34. The fraction of sp³-hybridized carbons (Fsp3) is 0.267. The number of rotatable bonds is 13. The van der Waals surface area contributed by atoms with Gasteiger partial charge in [0.15, 0.2) is 5.69 Å². The summed E-state index contributed by atoms with van der Waals surface area (Å²) in [4.78, 5) is 15.3. The third-order valence-electron chi connectivity index (χ3n) is 6.32. The van der Waals surface area contributed by atoms with Crippen molar-refractivity contribution in [3.8, 4) is 28.6 Å². The zero-order valence-electron chi connectivity index (χ0n) is 22.7. The Kier molecular flexibility index (Phi) is 9.71. The number of hydrogen-bond donors (Lipinski definition) is 4. The van der Waals surface area contributed by atoms with E-state index in [0.717, 1.165) is 11.8 Å². The minimum atomic E-state index is -4.53. The number of phenols is 1. The molecule has 0 spiro atoms. The minimum Gasteiger partial charge on any atom is -0.507 e. The van der Waals surface area contributed by atoms with Crippen LogP contribution in [0.1, 0.15) is 21.6 Å². The van der Waals surface area contributed by atoms with Gasteiger partial charge in [0.05, 0.1) is 5.56 Å². The van der Waals surface area contributed by atoms with E-state index in [0.29, 0.717) is 30.0 Å². The van der Waals surface area contributed by atoms with E-state index in [1.807, 2.05) is 30.3 Å². The van der Waals surface area contributed by atoms with E-state index >= 15 is 0 Å². The van der Waals surface area contributed by atoms with Crippen LogP contribution < -0.4 is 20.5 Å². The van der Waals surface area contributed by atoms with E-state index < -0.39 is 23.9 Å². The molecule has 3 aromatic carbocycles. The van der Waals surface area contributed by atoms with Crippen LogP contribution in [0.25, 0.3) is 11.4 Å². The van der Waals surface area contributed by atoms with Crippen molar-refractivity contribution in [2.75, 3.05) is 19.7 Å². The monoisotopic (exact) mass is 584 g/mol. The van der Waals surface area contributed by atoms with Crippen molar-refractivity contribution < 1.29 is 37.7 Å². The number of benzene rings is 3. The molecular weight excluding hydrogens is 553 g/mol. The van der Waals surface area contributed by atoms with Gasteiger partial charge in [0, 0.05) is 38.3 Å². The van der Waals surface area contributed by atoms with Crippen LogP contribution in [0.4, 0.5) is 13.2 Å². The van der Waals surface area contributed by atoms with Gasteiger partial charge in [-0.2, -0.15) is 13.2 Å². The lowest BCUT2D eigenvalue weighted by molar-refractivity contribution is -0.140. The molecule has 0 aliphatic rings. The van der Waals surface area contributed by atoms with Crippen molar-refractivity contribution in [3.63, 3.8) is 0 Å². The Labute approximate surface area is 240 Å². The van der Waals surface area contributed by atoms with Crippen LogP contribution >= 0.6 is 0 Å². The average Bonchev–Trinajstić information content (AvgIpc) is 3.36. The molecule has 0 bridgehead atoms. The van der Waals surface area contributed by atoms with Crippen LogP contribution in [-0.2, 0) is 19.6 Å². The predicted octanol–water partition coefficient (Wildman–Crippen LogP) is 3.93. The molecule has 4 aromatic rings. The zero-order valence-corrected chi connectivity index (χ0v) is 22.7. The number of hydrogen-bond acceptors (Lipinski definition) is 7. The SMILES string of the molecule is Cn1cc(C(F)(F)F)nc1-c1ccc(OCC(O)CNCC(Cc2ccccc2)Oc2ccc(O)c(C(N)=O)c2)cc1. The van der Waals surface area contributed by atoms with Crippen LogP contribution in [0.15, 0.2) is 79.0 Å². The Morgan fingerprint density at radius 1 is 1.05 bits per heavy atom. The molecule has 0 aliphatic carbocycles. The molecule has 5 N–H and O–H groups in total. The molecule has 0 saturated heterocycles. The second-order valence-corrected chi connectivity index (χ2v) is 9.68. The number of aliphatic hydroxyl groups is 1. The number of alkyl halides is 3. The summed E-state index contributed by atoms with van der Waals surface area (Å²) in [6.07, 6.45) is -4.33. The average molecular weight is 585 g/mol. The molecule has 42 heavy (non-hydrogen) atoms. The van der Waals surface area contributed by atoms with E-state index in [-0.39, 0.29) is 36.4 Å². The third kappa shape index (κ3) is 8.24. The first-order valence-electron chi connectivity index (χ1n) is 13.1. The zero-order chi connectivity index (χ0) is 30.3. The maximum absolute atomic E-state index is 13.0. The summed E-state index contributed by atoms with van der Waals surface area (Å²) in [5.41, 5.74) is 5.82. The molecule has 1 amide bonds. The quantitative estimate of drug-likeness (QED) is 0.187. The van der Waals surface area contributed by atoms with Crippen molar-refractivity contribution >= 4 is 5.91 Å². The lowest BCUT2D eigenvalue weighted by Gasteiger charge is -2.21. The number of carbonyl (C=O) groups excluding carboxylic acids is 1. The third-order valence-corrected chi connectivity index (χ3v) is 6.32. The summed E-state index contributed by atoms with van der Waals surface area (Å²) in [7, 11) is 1.49. The number of amides is 1. The molecule has 9 nitrogen and oxygen atoms in total. The second-order valence-electron chi connectivity index (χ2n) is 9.68. The van der Waals surface area contributed by atoms with Gasteiger partial charge in [-0.25, -0.2) is 4.98 Å². The maximum Gasteiger partial charge on any atom is 0.434 e. The molecule has 0 aliphatic heterocycles. The van der Waals surface area contributed by atoms with E-state index in [1.165, 1.54) is 29.8 Å². The Bertz CT molecular complexity index is 1480. The minimum absolute atomic E-state index is 0.0306. The Morgan fingerprint density at radius 3 is 2.38 bits per heavy atom. The van der Waals surface area contributed by atoms with Crippen LogP contribution in [0.5, 0.6) is 17.2 Å². The van der Waals surface area contributed by atoms with Gasteiger partial charge < -0.3 is 35.3 Å². The van der Waals surface area contributed by atoms with Crippen molar-refractivity contribution in [1.82, 2.24) is 14.9 Å².